The van der Waals surface area contributed by atoms with Gasteiger partial charge in [-0.2, -0.15) is 0 Å². The van der Waals surface area contributed by atoms with Gasteiger partial charge in [-0.15, -0.1) is 11.3 Å². The standard InChI is InChI=1S/C18H22N2O4S/c1-24-14-4-2-3-13(9-14)10-18(17(22)23)12-20(7-5-15(18)21)11-16-19-6-8-25-16/h2-4,6,8-9,15,21H,5,7,10-12H2,1H3,(H,22,23)/t15-,18+/m0/s1. The number of carboxylic acid groups (broad SMARTS) is 1. The van der Waals surface area contributed by atoms with Crippen molar-refractivity contribution < 1.29 is 19.7 Å². The molecule has 0 radical (unpaired) electrons. The molecule has 1 aromatic heterocycles. The molecule has 0 amide bonds. The van der Waals surface area contributed by atoms with E-state index < -0.39 is 17.5 Å². The highest BCUT2D eigenvalue weighted by atomic mass is 32.1. The minimum atomic E-state index is -1.23. The lowest BCUT2D eigenvalue weighted by Gasteiger charge is -2.43. The van der Waals surface area contributed by atoms with Crippen molar-refractivity contribution in [2.75, 3.05) is 20.2 Å². The summed E-state index contributed by atoms with van der Waals surface area (Å²) in [4.78, 5) is 18.5. The van der Waals surface area contributed by atoms with Gasteiger partial charge < -0.3 is 14.9 Å². The number of nitrogens with zero attached hydrogens (tertiary/aromatic N) is 2. The Balaban J connectivity index is 1.84. The van der Waals surface area contributed by atoms with Crippen LogP contribution in [0.3, 0.4) is 0 Å². The van der Waals surface area contributed by atoms with E-state index in [1.165, 1.54) is 0 Å². The molecule has 25 heavy (non-hydrogen) atoms. The molecule has 2 heterocycles. The van der Waals surface area contributed by atoms with E-state index in [-0.39, 0.29) is 6.42 Å². The van der Waals surface area contributed by atoms with Gasteiger partial charge in [0.05, 0.1) is 19.8 Å². The average Bonchev–Trinajstić information content (AvgIpc) is 3.11. The molecule has 0 bridgehead atoms. The minimum Gasteiger partial charge on any atom is -0.497 e. The van der Waals surface area contributed by atoms with E-state index in [9.17, 15) is 15.0 Å². The zero-order valence-corrected chi connectivity index (χ0v) is 14.9. The number of thiazole rings is 1. The number of aliphatic hydroxyl groups is 1. The number of hydrogen-bond acceptors (Lipinski definition) is 6. The maximum absolute atomic E-state index is 12.2. The first kappa shape index (κ1) is 17.8. The van der Waals surface area contributed by atoms with Crippen LogP contribution in [0.4, 0.5) is 0 Å². The number of benzene rings is 1. The van der Waals surface area contributed by atoms with E-state index in [2.05, 4.69) is 9.88 Å². The highest BCUT2D eigenvalue weighted by Crippen LogP contribution is 2.36. The third-order valence-electron chi connectivity index (χ3n) is 4.78. The van der Waals surface area contributed by atoms with Crippen molar-refractivity contribution in [3.63, 3.8) is 0 Å². The van der Waals surface area contributed by atoms with Crippen LogP contribution in [0.15, 0.2) is 35.8 Å². The second kappa shape index (κ2) is 7.51. The molecule has 3 rings (SSSR count). The lowest BCUT2D eigenvalue weighted by Crippen LogP contribution is -2.56. The van der Waals surface area contributed by atoms with Gasteiger partial charge in [-0.1, -0.05) is 12.1 Å². The second-order valence-corrected chi connectivity index (χ2v) is 7.41. The van der Waals surface area contributed by atoms with Crippen LogP contribution < -0.4 is 4.74 Å². The van der Waals surface area contributed by atoms with Gasteiger partial charge in [0.2, 0.25) is 0 Å². The smallest absolute Gasteiger partial charge is 0.313 e. The summed E-state index contributed by atoms with van der Waals surface area (Å²) in [5.74, 6) is -0.283. The molecule has 0 unspecified atom stereocenters. The van der Waals surface area contributed by atoms with E-state index in [1.54, 1.807) is 24.6 Å². The van der Waals surface area contributed by atoms with Crippen molar-refractivity contribution >= 4 is 17.3 Å². The number of carbonyl (C=O) groups is 1. The van der Waals surface area contributed by atoms with Gasteiger partial charge in [0.1, 0.15) is 16.2 Å². The van der Waals surface area contributed by atoms with Crippen LogP contribution in [-0.4, -0.2) is 52.4 Å². The molecule has 1 aromatic carbocycles. The van der Waals surface area contributed by atoms with Gasteiger partial charge in [-0.3, -0.25) is 9.69 Å². The Labute approximate surface area is 150 Å². The number of aliphatic hydroxyl groups excluding tert-OH is 1. The number of aliphatic carboxylic acids is 1. The van der Waals surface area contributed by atoms with E-state index in [4.69, 9.17) is 4.74 Å². The Morgan fingerprint density at radius 3 is 3.04 bits per heavy atom. The van der Waals surface area contributed by atoms with Crippen molar-refractivity contribution in [3.8, 4) is 5.75 Å². The van der Waals surface area contributed by atoms with Gasteiger partial charge in [-0.25, -0.2) is 4.98 Å². The molecule has 134 valence electrons. The summed E-state index contributed by atoms with van der Waals surface area (Å²) in [5, 5.41) is 23.4. The van der Waals surface area contributed by atoms with Crippen LogP contribution in [0.25, 0.3) is 0 Å². The zero-order valence-electron chi connectivity index (χ0n) is 14.1. The Bertz CT molecular complexity index is 722. The number of rotatable bonds is 6. The van der Waals surface area contributed by atoms with Gasteiger partial charge >= 0.3 is 5.97 Å². The topological polar surface area (TPSA) is 82.9 Å². The maximum atomic E-state index is 12.2. The Hall–Kier alpha value is -1.96. The molecule has 7 heteroatoms. The number of ether oxygens (including phenoxy) is 1. The van der Waals surface area contributed by atoms with Crippen molar-refractivity contribution in [2.24, 2.45) is 5.41 Å². The summed E-state index contributed by atoms with van der Waals surface area (Å²) in [7, 11) is 1.58. The van der Waals surface area contributed by atoms with Crippen LogP contribution in [0, 0.1) is 5.41 Å². The lowest BCUT2D eigenvalue weighted by atomic mass is 9.73. The zero-order chi connectivity index (χ0) is 17.9. The molecular weight excluding hydrogens is 340 g/mol. The van der Waals surface area contributed by atoms with Gasteiger partial charge in [0.25, 0.3) is 0 Å². The highest BCUT2D eigenvalue weighted by Gasteiger charge is 2.49. The Morgan fingerprint density at radius 1 is 1.52 bits per heavy atom. The molecule has 2 N–H and O–H groups in total. The van der Waals surface area contributed by atoms with Gasteiger partial charge in [0, 0.05) is 24.7 Å². The van der Waals surface area contributed by atoms with Crippen LogP contribution >= 0.6 is 11.3 Å². The number of likely N-dealkylation sites (tertiary alicyclic amines) is 1. The first-order valence-corrected chi connectivity index (χ1v) is 9.06. The monoisotopic (exact) mass is 362 g/mol. The summed E-state index contributed by atoms with van der Waals surface area (Å²) >= 11 is 1.56. The Kier molecular flexibility index (Phi) is 5.36. The molecule has 1 saturated heterocycles. The van der Waals surface area contributed by atoms with Crippen molar-refractivity contribution in [1.82, 2.24) is 9.88 Å². The molecule has 1 aliphatic heterocycles. The van der Waals surface area contributed by atoms with Gasteiger partial charge in [-0.05, 0) is 30.5 Å². The summed E-state index contributed by atoms with van der Waals surface area (Å²) < 4.78 is 5.23. The van der Waals surface area contributed by atoms with Crippen LogP contribution in [-0.2, 0) is 17.8 Å². The van der Waals surface area contributed by atoms with Crippen LogP contribution in [0.5, 0.6) is 5.75 Å². The molecular formula is C18H22N2O4S. The van der Waals surface area contributed by atoms with Crippen molar-refractivity contribution in [1.29, 1.82) is 0 Å². The summed E-state index contributed by atoms with van der Waals surface area (Å²) in [6.45, 7) is 1.56. The quantitative estimate of drug-likeness (QED) is 0.818. The Morgan fingerprint density at radius 2 is 2.36 bits per heavy atom. The fourth-order valence-corrected chi connectivity index (χ4v) is 4.09. The first-order chi connectivity index (χ1) is 12.0. The molecule has 0 saturated carbocycles. The van der Waals surface area contributed by atoms with Crippen molar-refractivity contribution in [3.05, 3.63) is 46.4 Å². The van der Waals surface area contributed by atoms with Crippen LogP contribution in [0.1, 0.15) is 17.0 Å². The predicted molar refractivity (Wildman–Crippen MR) is 94.8 cm³/mol. The van der Waals surface area contributed by atoms with E-state index in [1.807, 2.05) is 29.6 Å². The second-order valence-electron chi connectivity index (χ2n) is 6.43. The van der Waals surface area contributed by atoms with E-state index in [0.29, 0.717) is 31.8 Å². The number of hydrogen-bond donors (Lipinski definition) is 2. The van der Waals surface area contributed by atoms with Crippen molar-refractivity contribution in [2.45, 2.75) is 25.5 Å². The lowest BCUT2D eigenvalue weighted by molar-refractivity contribution is -0.163. The SMILES string of the molecule is COc1cccc(C[C@@]2(C(=O)O)CN(Cc3nccs3)CC[C@@H]2O)c1. The third kappa shape index (κ3) is 3.84. The van der Waals surface area contributed by atoms with E-state index >= 15 is 0 Å². The number of methoxy groups -OCH3 is 1. The molecule has 0 spiro atoms. The normalized spacial score (nSPS) is 24.2. The first-order valence-electron chi connectivity index (χ1n) is 8.18. The molecule has 1 fully saturated rings. The average molecular weight is 362 g/mol. The van der Waals surface area contributed by atoms with E-state index in [0.717, 1.165) is 10.6 Å². The molecule has 2 aromatic rings. The molecule has 6 nitrogen and oxygen atoms in total. The number of aromatic nitrogens is 1. The third-order valence-corrected chi connectivity index (χ3v) is 5.55. The predicted octanol–water partition coefficient (Wildman–Crippen LogP) is 2.03. The molecule has 0 aliphatic carbocycles. The number of carboxylic acids is 1. The molecule has 2 atom stereocenters. The fourth-order valence-electron chi connectivity index (χ4n) is 3.43. The van der Waals surface area contributed by atoms with Crippen LogP contribution in [0.2, 0.25) is 0 Å². The summed E-state index contributed by atoms with van der Waals surface area (Å²) in [6.07, 6.45) is 1.56. The maximum Gasteiger partial charge on any atom is 0.313 e. The minimum absolute atomic E-state index is 0.259. The largest absolute Gasteiger partial charge is 0.497 e. The molecule has 1 aliphatic rings. The fraction of sp³-hybridized carbons (Fsp3) is 0.444. The summed E-state index contributed by atoms with van der Waals surface area (Å²) in [5.41, 5.74) is -0.390. The highest BCUT2D eigenvalue weighted by molar-refractivity contribution is 7.09. The summed E-state index contributed by atoms with van der Waals surface area (Å²) in [6, 6.07) is 7.37. The van der Waals surface area contributed by atoms with Gasteiger partial charge in [0.15, 0.2) is 0 Å². The number of piperidine rings is 1.